The topological polar surface area (TPSA) is 96.6 Å². The summed E-state index contributed by atoms with van der Waals surface area (Å²) in [6.07, 6.45) is 3.81. The number of hydrogen-bond donors (Lipinski definition) is 1. The number of aromatic hydroxyl groups is 1. The summed E-state index contributed by atoms with van der Waals surface area (Å²) in [5.74, 6) is -1.37. The van der Waals surface area contributed by atoms with Gasteiger partial charge in [-0.2, -0.15) is 5.26 Å². The number of rotatable bonds is 6. The van der Waals surface area contributed by atoms with Crippen LogP contribution in [0, 0.1) is 17.1 Å². The van der Waals surface area contributed by atoms with E-state index < -0.39 is 11.8 Å². The number of allylic oxidation sites excluding steroid dienone is 1. The summed E-state index contributed by atoms with van der Waals surface area (Å²) in [4.78, 5) is 21.2. The van der Waals surface area contributed by atoms with E-state index in [2.05, 4.69) is 4.74 Å². The van der Waals surface area contributed by atoms with Gasteiger partial charge in [-0.3, -0.25) is 4.79 Å². The first-order valence-corrected chi connectivity index (χ1v) is 7.87. The lowest BCUT2D eigenvalue weighted by atomic mass is 10.2. The number of phenolic OH excluding ortho intramolecular Hbond substituents is 1. The molecule has 0 aliphatic heterocycles. The van der Waals surface area contributed by atoms with Crippen LogP contribution in [0.5, 0.6) is 11.5 Å². The minimum absolute atomic E-state index is 0.0448. The van der Waals surface area contributed by atoms with Crippen molar-refractivity contribution >= 4 is 18.5 Å². The molecule has 27 heavy (non-hydrogen) atoms. The third-order valence-corrected chi connectivity index (χ3v) is 3.02. The summed E-state index contributed by atoms with van der Waals surface area (Å²) in [5, 5.41) is 17.0. The second-order valence-electron chi connectivity index (χ2n) is 5.00. The second-order valence-corrected chi connectivity index (χ2v) is 5.00. The van der Waals surface area contributed by atoms with E-state index in [9.17, 15) is 14.0 Å². The number of nitrogens with zero attached hydrogens (tertiary/aromatic N) is 1. The summed E-state index contributed by atoms with van der Waals surface area (Å²) in [6, 6.07) is 11.7. The maximum absolute atomic E-state index is 13.8. The molecule has 2 aromatic carbocycles. The minimum Gasteiger partial charge on any atom is -0.508 e. The van der Waals surface area contributed by atoms with E-state index in [0.717, 1.165) is 0 Å². The van der Waals surface area contributed by atoms with Crippen molar-refractivity contribution in [2.75, 3.05) is 6.61 Å². The predicted molar refractivity (Wildman–Crippen MR) is 96.4 cm³/mol. The predicted octanol–water partition coefficient (Wildman–Crippen LogP) is 3.86. The lowest BCUT2D eigenvalue weighted by molar-refractivity contribution is -0.128. The van der Waals surface area contributed by atoms with Crippen LogP contribution in [0.4, 0.5) is 4.39 Å². The standard InChI is InChI=1S/C16H13FO3.C4H5NO2/c1-2-3-11-4-9-15(14(17)10-11)20-16(19)12-5-7-13(18)8-6-12;5-2-1-3-7-4-6/h2-10,18H,1H3;4H,1,3H2/b3-2+;. The third-order valence-electron chi connectivity index (χ3n) is 3.02. The van der Waals surface area contributed by atoms with Crippen molar-refractivity contribution in [3.05, 3.63) is 65.5 Å². The third kappa shape index (κ3) is 7.84. The van der Waals surface area contributed by atoms with Gasteiger partial charge in [0.15, 0.2) is 11.6 Å². The Bertz CT molecular complexity index is 825. The van der Waals surface area contributed by atoms with Crippen LogP contribution < -0.4 is 4.74 Å². The molecule has 0 aliphatic rings. The molecular weight excluding hydrogens is 353 g/mol. The zero-order valence-electron chi connectivity index (χ0n) is 14.6. The van der Waals surface area contributed by atoms with Gasteiger partial charge in [-0.05, 0) is 48.9 Å². The Balaban J connectivity index is 0.000000445. The first kappa shape index (κ1) is 21.4. The van der Waals surface area contributed by atoms with Gasteiger partial charge in [0.05, 0.1) is 18.1 Å². The van der Waals surface area contributed by atoms with Crippen LogP contribution in [0.25, 0.3) is 6.08 Å². The molecule has 0 saturated heterocycles. The number of ether oxygens (including phenoxy) is 2. The van der Waals surface area contributed by atoms with E-state index in [0.29, 0.717) is 12.0 Å². The molecule has 0 unspecified atom stereocenters. The van der Waals surface area contributed by atoms with Gasteiger partial charge in [0, 0.05) is 0 Å². The van der Waals surface area contributed by atoms with Gasteiger partial charge in [-0.1, -0.05) is 18.2 Å². The van der Waals surface area contributed by atoms with E-state index in [1.807, 2.05) is 13.0 Å². The van der Waals surface area contributed by atoms with Gasteiger partial charge < -0.3 is 14.6 Å². The highest BCUT2D eigenvalue weighted by molar-refractivity contribution is 5.91. The van der Waals surface area contributed by atoms with Crippen molar-refractivity contribution in [3.8, 4) is 17.6 Å². The molecule has 140 valence electrons. The van der Waals surface area contributed by atoms with Crippen molar-refractivity contribution in [1.29, 1.82) is 5.26 Å². The number of esters is 1. The summed E-state index contributed by atoms with van der Waals surface area (Å²) in [6.45, 7) is 2.37. The Morgan fingerprint density at radius 1 is 1.26 bits per heavy atom. The van der Waals surface area contributed by atoms with Crippen LogP contribution in [-0.2, 0) is 9.53 Å². The highest BCUT2D eigenvalue weighted by Gasteiger charge is 2.12. The quantitative estimate of drug-likeness (QED) is 0.358. The Morgan fingerprint density at radius 2 is 1.96 bits per heavy atom. The molecule has 0 heterocycles. The SMILES string of the molecule is C/C=C/c1ccc(OC(=O)c2ccc(O)cc2)c(F)c1.N#CCCOC=O. The van der Waals surface area contributed by atoms with Crippen LogP contribution in [-0.4, -0.2) is 24.2 Å². The van der Waals surface area contributed by atoms with Gasteiger partial charge in [-0.15, -0.1) is 0 Å². The average molecular weight is 371 g/mol. The van der Waals surface area contributed by atoms with Crippen molar-refractivity contribution in [1.82, 2.24) is 0 Å². The number of carbonyl (C=O) groups excluding carboxylic acids is 2. The molecule has 0 amide bonds. The van der Waals surface area contributed by atoms with Crippen LogP contribution in [0.3, 0.4) is 0 Å². The summed E-state index contributed by atoms with van der Waals surface area (Å²) in [7, 11) is 0. The highest BCUT2D eigenvalue weighted by atomic mass is 19.1. The maximum Gasteiger partial charge on any atom is 0.343 e. The molecule has 0 aromatic heterocycles. The van der Waals surface area contributed by atoms with Crippen molar-refractivity contribution in [2.45, 2.75) is 13.3 Å². The molecule has 7 heteroatoms. The first-order chi connectivity index (χ1) is 13.0. The number of halogens is 1. The fraction of sp³-hybridized carbons (Fsp3) is 0.150. The minimum atomic E-state index is -0.678. The number of carbonyl (C=O) groups is 2. The van der Waals surface area contributed by atoms with Gasteiger partial charge in [0.2, 0.25) is 0 Å². The zero-order valence-corrected chi connectivity index (χ0v) is 14.6. The molecule has 0 aliphatic carbocycles. The van der Waals surface area contributed by atoms with Crippen LogP contribution >= 0.6 is 0 Å². The maximum atomic E-state index is 13.8. The van der Waals surface area contributed by atoms with Crippen molar-refractivity contribution in [2.24, 2.45) is 0 Å². The number of phenols is 1. The molecule has 0 saturated carbocycles. The first-order valence-electron chi connectivity index (χ1n) is 7.87. The molecule has 1 N–H and O–H groups in total. The Labute approximate surface area is 156 Å². The molecule has 2 rings (SSSR count). The molecule has 6 nitrogen and oxygen atoms in total. The summed E-state index contributed by atoms with van der Waals surface area (Å²) in [5.41, 5.74) is 0.925. The monoisotopic (exact) mass is 371 g/mol. The fourth-order valence-corrected chi connectivity index (χ4v) is 1.80. The molecule has 0 atom stereocenters. The van der Waals surface area contributed by atoms with E-state index >= 15 is 0 Å². The second kappa shape index (κ2) is 11.8. The Morgan fingerprint density at radius 3 is 2.52 bits per heavy atom. The normalized spacial score (nSPS) is 9.67. The highest BCUT2D eigenvalue weighted by Crippen LogP contribution is 2.21. The van der Waals surface area contributed by atoms with Crippen molar-refractivity contribution in [3.63, 3.8) is 0 Å². The lowest BCUT2D eigenvalue weighted by Gasteiger charge is -2.06. The molecule has 0 fully saturated rings. The Kier molecular flexibility index (Phi) is 9.36. The number of nitriles is 1. The Hall–Kier alpha value is -3.66. The fourth-order valence-electron chi connectivity index (χ4n) is 1.80. The molecular formula is C20H18FNO5. The number of hydrogen-bond acceptors (Lipinski definition) is 6. The van der Waals surface area contributed by atoms with Crippen LogP contribution in [0.1, 0.15) is 29.3 Å². The number of benzene rings is 2. The van der Waals surface area contributed by atoms with E-state index in [-0.39, 0.29) is 30.1 Å². The smallest absolute Gasteiger partial charge is 0.343 e. The molecule has 0 spiro atoms. The van der Waals surface area contributed by atoms with E-state index in [1.54, 1.807) is 18.2 Å². The molecule has 2 aromatic rings. The van der Waals surface area contributed by atoms with E-state index in [1.165, 1.54) is 36.4 Å². The van der Waals surface area contributed by atoms with Gasteiger partial charge >= 0.3 is 5.97 Å². The summed E-state index contributed by atoms with van der Waals surface area (Å²) < 4.78 is 22.9. The van der Waals surface area contributed by atoms with Gasteiger partial charge in [-0.25, -0.2) is 9.18 Å². The molecule has 0 bridgehead atoms. The van der Waals surface area contributed by atoms with Gasteiger partial charge in [0.25, 0.3) is 6.47 Å². The molecule has 0 radical (unpaired) electrons. The largest absolute Gasteiger partial charge is 0.508 e. The van der Waals surface area contributed by atoms with Gasteiger partial charge in [0.1, 0.15) is 12.4 Å². The zero-order chi connectivity index (χ0) is 20.1. The van der Waals surface area contributed by atoms with Crippen LogP contribution in [0.2, 0.25) is 0 Å². The average Bonchev–Trinajstić information content (AvgIpc) is 2.66. The van der Waals surface area contributed by atoms with Crippen LogP contribution in [0.15, 0.2) is 48.5 Å². The lowest BCUT2D eigenvalue weighted by Crippen LogP contribution is -2.09. The van der Waals surface area contributed by atoms with Crippen molar-refractivity contribution < 1.29 is 28.6 Å². The summed E-state index contributed by atoms with van der Waals surface area (Å²) >= 11 is 0. The van der Waals surface area contributed by atoms with E-state index in [4.69, 9.17) is 15.1 Å².